The zero-order valence-corrected chi connectivity index (χ0v) is 12.2. The van der Waals surface area contributed by atoms with E-state index in [0.717, 1.165) is 18.6 Å². The number of rotatable bonds is 3. The maximum atomic E-state index is 12.6. The van der Waals surface area contributed by atoms with Crippen LogP contribution in [-0.4, -0.2) is 23.9 Å². The van der Waals surface area contributed by atoms with Crippen LogP contribution in [-0.2, 0) is 11.0 Å². The molecule has 1 aliphatic rings. The van der Waals surface area contributed by atoms with Crippen molar-refractivity contribution in [3.8, 4) is 0 Å². The molecule has 0 radical (unpaired) electrons. The topological polar surface area (TPSA) is 32.3 Å². The standard InChI is InChI=1S/C15H19F3N2O/c1-4-9(2)12-14(21)20(3)13(19-12)10-5-7-11(8-6-10)15(16,17)18/h5-9,12-13,19H,4H2,1-3H3. The summed E-state index contributed by atoms with van der Waals surface area (Å²) >= 11 is 0. The summed E-state index contributed by atoms with van der Waals surface area (Å²) in [5, 5.41) is 3.21. The zero-order valence-electron chi connectivity index (χ0n) is 12.2. The molecule has 1 aromatic carbocycles. The second-order valence-corrected chi connectivity index (χ2v) is 5.50. The van der Waals surface area contributed by atoms with Gasteiger partial charge in [0.05, 0.1) is 11.6 Å². The van der Waals surface area contributed by atoms with Crippen LogP contribution in [0.25, 0.3) is 0 Å². The van der Waals surface area contributed by atoms with Crippen molar-refractivity contribution in [1.82, 2.24) is 10.2 Å². The van der Waals surface area contributed by atoms with Gasteiger partial charge in [0.15, 0.2) is 0 Å². The van der Waals surface area contributed by atoms with Crippen LogP contribution in [0.4, 0.5) is 13.2 Å². The molecule has 0 saturated carbocycles. The summed E-state index contributed by atoms with van der Waals surface area (Å²) in [6.07, 6.45) is -3.86. The number of hydrogen-bond acceptors (Lipinski definition) is 2. The summed E-state index contributed by atoms with van der Waals surface area (Å²) in [4.78, 5) is 13.8. The maximum absolute atomic E-state index is 12.6. The molecule has 1 amide bonds. The van der Waals surface area contributed by atoms with Gasteiger partial charge in [0.1, 0.15) is 6.17 Å². The van der Waals surface area contributed by atoms with Gasteiger partial charge in [0, 0.05) is 7.05 Å². The molecular formula is C15H19F3N2O. The van der Waals surface area contributed by atoms with Crippen molar-refractivity contribution in [1.29, 1.82) is 0 Å². The number of nitrogens with zero attached hydrogens (tertiary/aromatic N) is 1. The van der Waals surface area contributed by atoms with Gasteiger partial charge in [0.2, 0.25) is 5.91 Å². The smallest absolute Gasteiger partial charge is 0.325 e. The molecule has 2 rings (SSSR count). The molecule has 0 spiro atoms. The molecule has 1 saturated heterocycles. The predicted octanol–water partition coefficient (Wildman–Crippen LogP) is 3.18. The highest BCUT2D eigenvalue weighted by Gasteiger charge is 2.39. The van der Waals surface area contributed by atoms with Gasteiger partial charge < -0.3 is 4.90 Å². The van der Waals surface area contributed by atoms with Crippen LogP contribution in [0.5, 0.6) is 0 Å². The Kier molecular flexibility index (Phi) is 4.27. The van der Waals surface area contributed by atoms with Crippen molar-refractivity contribution in [3.05, 3.63) is 35.4 Å². The number of nitrogens with one attached hydrogen (secondary N) is 1. The first-order valence-corrected chi connectivity index (χ1v) is 6.95. The van der Waals surface area contributed by atoms with Crippen LogP contribution >= 0.6 is 0 Å². The Balaban J connectivity index is 2.21. The van der Waals surface area contributed by atoms with Gasteiger partial charge in [-0.3, -0.25) is 10.1 Å². The quantitative estimate of drug-likeness (QED) is 0.930. The lowest BCUT2D eigenvalue weighted by atomic mass is 9.99. The first kappa shape index (κ1) is 15.8. The normalized spacial score (nSPS) is 24.5. The average molecular weight is 300 g/mol. The highest BCUT2D eigenvalue weighted by molar-refractivity contribution is 5.84. The summed E-state index contributed by atoms with van der Waals surface area (Å²) in [6, 6.07) is 4.65. The van der Waals surface area contributed by atoms with Crippen LogP contribution in [0.15, 0.2) is 24.3 Å². The lowest BCUT2D eigenvalue weighted by Crippen LogP contribution is -2.35. The molecule has 1 aromatic rings. The van der Waals surface area contributed by atoms with Gasteiger partial charge >= 0.3 is 6.18 Å². The molecule has 1 aliphatic heterocycles. The number of carbonyl (C=O) groups is 1. The minimum atomic E-state index is -4.34. The highest BCUT2D eigenvalue weighted by Crippen LogP contribution is 2.32. The van der Waals surface area contributed by atoms with E-state index >= 15 is 0 Å². The number of halogens is 3. The fraction of sp³-hybridized carbons (Fsp3) is 0.533. The van der Waals surface area contributed by atoms with Gasteiger partial charge in [-0.2, -0.15) is 13.2 Å². The Morgan fingerprint density at radius 3 is 2.33 bits per heavy atom. The van der Waals surface area contributed by atoms with E-state index in [4.69, 9.17) is 0 Å². The van der Waals surface area contributed by atoms with Crippen molar-refractivity contribution in [2.75, 3.05) is 7.05 Å². The minimum Gasteiger partial charge on any atom is -0.325 e. The van der Waals surface area contributed by atoms with E-state index in [-0.39, 0.29) is 24.0 Å². The Morgan fingerprint density at radius 1 is 1.29 bits per heavy atom. The molecular weight excluding hydrogens is 281 g/mol. The molecule has 0 aromatic heterocycles. The first-order valence-electron chi connectivity index (χ1n) is 6.95. The second-order valence-electron chi connectivity index (χ2n) is 5.50. The Morgan fingerprint density at radius 2 is 1.86 bits per heavy atom. The SMILES string of the molecule is CCC(C)C1NC(c2ccc(C(F)(F)F)cc2)N(C)C1=O. The van der Waals surface area contributed by atoms with Crippen molar-refractivity contribution in [3.63, 3.8) is 0 Å². The number of amides is 1. The van der Waals surface area contributed by atoms with Crippen molar-refractivity contribution < 1.29 is 18.0 Å². The number of likely N-dealkylation sites (N-methyl/N-ethyl adjacent to an activating group) is 1. The number of benzene rings is 1. The van der Waals surface area contributed by atoms with Gasteiger partial charge in [-0.25, -0.2) is 0 Å². The van der Waals surface area contributed by atoms with E-state index in [2.05, 4.69) is 5.32 Å². The number of alkyl halides is 3. The average Bonchev–Trinajstić information content (AvgIpc) is 2.74. The van der Waals surface area contributed by atoms with E-state index in [9.17, 15) is 18.0 Å². The summed E-state index contributed by atoms with van der Waals surface area (Å²) in [5.74, 6) is 0.161. The monoisotopic (exact) mass is 300 g/mol. The summed E-state index contributed by atoms with van der Waals surface area (Å²) in [5.41, 5.74) is -0.0265. The minimum absolute atomic E-state index is 0.0192. The third-order valence-corrected chi connectivity index (χ3v) is 4.11. The summed E-state index contributed by atoms with van der Waals surface area (Å²) < 4.78 is 37.7. The highest BCUT2D eigenvalue weighted by atomic mass is 19.4. The lowest BCUT2D eigenvalue weighted by molar-refractivity contribution is -0.137. The van der Waals surface area contributed by atoms with E-state index in [1.807, 2.05) is 13.8 Å². The summed E-state index contributed by atoms with van der Waals surface area (Å²) in [7, 11) is 1.67. The molecule has 0 aliphatic carbocycles. The van der Waals surface area contributed by atoms with Crippen LogP contribution in [0.2, 0.25) is 0 Å². The molecule has 1 fully saturated rings. The van der Waals surface area contributed by atoms with Crippen molar-refractivity contribution in [2.45, 2.75) is 38.7 Å². The Labute approximate surface area is 122 Å². The molecule has 116 valence electrons. The van der Waals surface area contributed by atoms with Gasteiger partial charge in [-0.1, -0.05) is 32.4 Å². The number of carbonyl (C=O) groups excluding carboxylic acids is 1. The Hall–Kier alpha value is -1.56. The molecule has 1 N–H and O–H groups in total. The predicted molar refractivity (Wildman–Crippen MR) is 73.3 cm³/mol. The largest absolute Gasteiger partial charge is 0.416 e. The van der Waals surface area contributed by atoms with Gasteiger partial charge in [-0.05, 0) is 23.6 Å². The van der Waals surface area contributed by atoms with Gasteiger partial charge in [-0.15, -0.1) is 0 Å². The fourth-order valence-electron chi connectivity index (χ4n) is 2.52. The van der Waals surface area contributed by atoms with E-state index in [1.54, 1.807) is 11.9 Å². The van der Waals surface area contributed by atoms with E-state index in [0.29, 0.717) is 5.56 Å². The Bertz CT molecular complexity index is 513. The third-order valence-electron chi connectivity index (χ3n) is 4.11. The molecule has 3 nitrogen and oxygen atoms in total. The second kappa shape index (κ2) is 5.67. The molecule has 6 heteroatoms. The molecule has 3 atom stereocenters. The lowest BCUT2D eigenvalue weighted by Gasteiger charge is -2.20. The van der Waals surface area contributed by atoms with E-state index < -0.39 is 11.7 Å². The molecule has 0 bridgehead atoms. The first-order chi connectivity index (χ1) is 9.75. The van der Waals surface area contributed by atoms with Gasteiger partial charge in [0.25, 0.3) is 0 Å². The van der Waals surface area contributed by atoms with Crippen LogP contribution < -0.4 is 5.32 Å². The summed E-state index contributed by atoms with van der Waals surface area (Å²) in [6.45, 7) is 3.99. The third kappa shape index (κ3) is 3.05. The van der Waals surface area contributed by atoms with Crippen LogP contribution in [0.1, 0.15) is 37.6 Å². The van der Waals surface area contributed by atoms with Crippen LogP contribution in [0.3, 0.4) is 0 Å². The van der Waals surface area contributed by atoms with Crippen molar-refractivity contribution >= 4 is 5.91 Å². The van der Waals surface area contributed by atoms with Crippen molar-refractivity contribution in [2.24, 2.45) is 5.92 Å². The molecule has 1 heterocycles. The number of hydrogen-bond donors (Lipinski definition) is 1. The molecule has 3 unspecified atom stereocenters. The zero-order chi connectivity index (χ0) is 15.8. The van der Waals surface area contributed by atoms with E-state index in [1.165, 1.54) is 12.1 Å². The maximum Gasteiger partial charge on any atom is 0.416 e. The molecule has 21 heavy (non-hydrogen) atoms. The van der Waals surface area contributed by atoms with Crippen LogP contribution in [0, 0.1) is 5.92 Å². The fourth-order valence-corrected chi connectivity index (χ4v) is 2.52.